The van der Waals surface area contributed by atoms with Crippen LogP contribution in [0.25, 0.3) is 0 Å². The Balaban J connectivity index is 1.97. The van der Waals surface area contributed by atoms with Crippen molar-refractivity contribution in [3.8, 4) is 0 Å². The van der Waals surface area contributed by atoms with Crippen LogP contribution >= 0.6 is 0 Å². The van der Waals surface area contributed by atoms with Crippen molar-refractivity contribution >= 4 is 0 Å². The van der Waals surface area contributed by atoms with Crippen LogP contribution in [0, 0.1) is 0 Å². The van der Waals surface area contributed by atoms with Gasteiger partial charge in [0.25, 0.3) is 0 Å². The number of likely N-dealkylation sites (N-methyl/N-ethyl adjacent to an activating group) is 2. The second-order valence-corrected chi connectivity index (χ2v) is 8.13. The molecule has 0 aromatic heterocycles. The summed E-state index contributed by atoms with van der Waals surface area (Å²) in [6.07, 6.45) is 0. The van der Waals surface area contributed by atoms with Gasteiger partial charge in [0.1, 0.15) is 0 Å². The molecule has 0 unspecified atom stereocenters. The minimum absolute atomic E-state index is 1.02. The molecule has 4 nitrogen and oxygen atoms in total. The Hall–Kier alpha value is -1.72. The maximum absolute atomic E-state index is 2.59. The molecule has 0 saturated heterocycles. The Morgan fingerprint density at radius 2 is 0.786 bits per heavy atom. The first-order chi connectivity index (χ1) is 13.5. The Kier molecular flexibility index (Phi) is 10.2. The molecule has 0 spiro atoms. The Bertz CT molecular complexity index is 570. The second kappa shape index (κ2) is 12.7. The molecule has 0 radical (unpaired) electrons. The van der Waals surface area contributed by atoms with Crippen molar-refractivity contribution in [3.63, 3.8) is 0 Å². The zero-order chi connectivity index (χ0) is 20.2. The highest BCUT2D eigenvalue weighted by atomic mass is 15.2. The molecule has 0 heterocycles. The monoisotopic (exact) mass is 382 g/mol. The van der Waals surface area contributed by atoms with E-state index in [0.717, 1.165) is 52.4 Å². The van der Waals surface area contributed by atoms with E-state index >= 15 is 0 Å². The van der Waals surface area contributed by atoms with E-state index in [-0.39, 0.29) is 0 Å². The fraction of sp³-hybridized carbons (Fsp3) is 0.500. The van der Waals surface area contributed by atoms with Crippen LogP contribution in [-0.2, 0) is 13.1 Å². The smallest absolute Gasteiger partial charge is 0.0234 e. The van der Waals surface area contributed by atoms with Gasteiger partial charge in [-0.25, -0.2) is 0 Å². The Morgan fingerprint density at radius 1 is 0.464 bits per heavy atom. The van der Waals surface area contributed by atoms with E-state index in [0.29, 0.717) is 0 Å². The molecule has 28 heavy (non-hydrogen) atoms. The molecule has 0 aliphatic heterocycles. The molecule has 154 valence electrons. The molecule has 4 heteroatoms. The lowest BCUT2D eigenvalue weighted by Crippen LogP contribution is -2.40. The van der Waals surface area contributed by atoms with E-state index < -0.39 is 0 Å². The molecule has 0 bridgehead atoms. The lowest BCUT2D eigenvalue weighted by molar-refractivity contribution is 0.173. The van der Waals surface area contributed by atoms with E-state index in [9.17, 15) is 0 Å². The quantitative estimate of drug-likeness (QED) is 0.528. The molecular weight excluding hydrogens is 344 g/mol. The van der Waals surface area contributed by atoms with Crippen LogP contribution in [-0.4, -0.2) is 87.1 Å². The standard InChI is InChI=1S/C24H38N4/c1-25(2)15-17-27(21-23-11-7-5-8-12-23)19-20-28(18-16-26(3)4)22-24-13-9-6-10-14-24/h5-14H,15-22H2,1-4H3. The molecule has 0 atom stereocenters. The lowest BCUT2D eigenvalue weighted by atomic mass is 10.2. The van der Waals surface area contributed by atoms with Gasteiger partial charge in [-0.05, 0) is 39.3 Å². The van der Waals surface area contributed by atoms with Crippen molar-refractivity contribution in [1.29, 1.82) is 0 Å². The van der Waals surface area contributed by atoms with Gasteiger partial charge in [0.2, 0.25) is 0 Å². The van der Waals surface area contributed by atoms with Crippen LogP contribution in [0.4, 0.5) is 0 Å². The number of benzene rings is 2. The molecule has 0 aliphatic carbocycles. The van der Waals surface area contributed by atoms with Crippen molar-refractivity contribution in [3.05, 3.63) is 71.8 Å². The molecule has 0 N–H and O–H groups in total. The summed E-state index contributed by atoms with van der Waals surface area (Å²) >= 11 is 0. The predicted molar refractivity (Wildman–Crippen MR) is 121 cm³/mol. The average Bonchev–Trinajstić information content (AvgIpc) is 2.69. The van der Waals surface area contributed by atoms with E-state index in [1.807, 2.05) is 0 Å². The summed E-state index contributed by atoms with van der Waals surface area (Å²) in [4.78, 5) is 9.71. The highest BCUT2D eigenvalue weighted by molar-refractivity contribution is 5.15. The zero-order valence-electron chi connectivity index (χ0n) is 18.2. The number of nitrogens with zero attached hydrogens (tertiary/aromatic N) is 4. The summed E-state index contributed by atoms with van der Waals surface area (Å²) in [6, 6.07) is 21.7. The SMILES string of the molecule is CN(C)CCN(CCN(CCN(C)C)Cc1ccccc1)Cc1ccccc1. The van der Waals surface area contributed by atoms with E-state index in [4.69, 9.17) is 0 Å². The van der Waals surface area contributed by atoms with Gasteiger partial charge in [0.05, 0.1) is 0 Å². The highest BCUT2D eigenvalue weighted by Gasteiger charge is 2.11. The predicted octanol–water partition coefficient (Wildman–Crippen LogP) is 3.11. The van der Waals surface area contributed by atoms with Crippen molar-refractivity contribution < 1.29 is 0 Å². The molecule has 0 aliphatic rings. The van der Waals surface area contributed by atoms with Crippen LogP contribution in [0.3, 0.4) is 0 Å². The van der Waals surface area contributed by atoms with Crippen molar-refractivity contribution in [2.24, 2.45) is 0 Å². The summed E-state index contributed by atoms with van der Waals surface area (Å²) in [7, 11) is 8.61. The first-order valence-electron chi connectivity index (χ1n) is 10.3. The van der Waals surface area contributed by atoms with Gasteiger partial charge < -0.3 is 9.80 Å². The fourth-order valence-corrected chi connectivity index (χ4v) is 3.19. The van der Waals surface area contributed by atoms with Gasteiger partial charge in [-0.3, -0.25) is 9.80 Å². The summed E-state index contributed by atoms with van der Waals surface area (Å²) in [6.45, 7) is 8.56. The van der Waals surface area contributed by atoms with Gasteiger partial charge in [-0.2, -0.15) is 0 Å². The molecule has 0 amide bonds. The molecule has 2 rings (SSSR count). The number of hydrogen-bond acceptors (Lipinski definition) is 4. The number of rotatable bonds is 13. The maximum Gasteiger partial charge on any atom is 0.0234 e. The van der Waals surface area contributed by atoms with Gasteiger partial charge in [-0.15, -0.1) is 0 Å². The van der Waals surface area contributed by atoms with Crippen LogP contribution in [0.15, 0.2) is 60.7 Å². The third-order valence-corrected chi connectivity index (χ3v) is 4.96. The average molecular weight is 383 g/mol. The number of hydrogen-bond donors (Lipinski definition) is 0. The summed E-state index contributed by atoms with van der Waals surface area (Å²) in [5, 5.41) is 0. The molecule has 0 saturated carbocycles. The molecule has 2 aromatic rings. The molecule has 2 aromatic carbocycles. The van der Waals surface area contributed by atoms with E-state index in [2.05, 4.69) is 108 Å². The van der Waals surface area contributed by atoms with Crippen molar-refractivity contribution in [2.45, 2.75) is 13.1 Å². The first-order valence-corrected chi connectivity index (χ1v) is 10.3. The summed E-state index contributed by atoms with van der Waals surface area (Å²) in [5.41, 5.74) is 2.79. The minimum Gasteiger partial charge on any atom is -0.308 e. The normalized spacial score (nSPS) is 11.9. The zero-order valence-corrected chi connectivity index (χ0v) is 18.2. The molecule has 0 fully saturated rings. The Labute approximate surface area is 172 Å². The van der Waals surface area contributed by atoms with E-state index in [1.54, 1.807) is 0 Å². The van der Waals surface area contributed by atoms with Gasteiger partial charge in [-0.1, -0.05) is 60.7 Å². The van der Waals surface area contributed by atoms with Crippen LogP contribution < -0.4 is 0 Å². The lowest BCUT2D eigenvalue weighted by Gasteiger charge is -2.29. The van der Waals surface area contributed by atoms with Crippen LogP contribution in [0.1, 0.15) is 11.1 Å². The highest BCUT2D eigenvalue weighted by Crippen LogP contribution is 2.08. The minimum atomic E-state index is 1.02. The van der Waals surface area contributed by atoms with Crippen molar-refractivity contribution in [2.75, 3.05) is 67.5 Å². The van der Waals surface area contributed by atoms with Crippen LogP contribution in [0.2, 0.25) is 0 Å². The van der Waals surface area contributed by atoms with Crippen LogP contribution in [0.5, 0.6) is 0 Å². The fourth-order valence-electron chi connectivity index (χ4n) is 3.19. The van der Waals surface area contributed by atoms with Gasteiger partial charge in [0.15, 0.2) is 0 Å². The topological polar surface area (TPSA) is 13.0 Å². The maximum atomic E-state index is 2.59. The Morgan fingerprint density at radius 3 is 1.11 bits per heavy atom. The summed E-state index contributed by atoms with van der Waals surface area (Å²) in [5.74, 6) is 0. The third kappa shape index (κ3) is 9.47. The van der Waals surface area contributed by atoms with Crippen molar-refractivity contribution in [1.82, 2.24) is 19.6 Å². The second-order valence-electron chi connectivity index (χ2n) is 8.13. The van der Waals surface area contributed by atoms with Gasteiger partial charge in [0, 0.05) is 52.4 Å². The first kappa shape index (κ1) is 22.6. The third-order valence-electron chi connectivity index (χ3n) is 4.96. The molecular formula is C24H38N4. The van der Waals surface area contributed by atoms with Gasteiger partial charge >= 0.3 is 0 Å². The largest absolute Gasteiger partial charge is 0.308 e. The summed E-state index contributed by atoms with van der Waals surface area (Å²) < 4.78 is 0. The van der Waals surface area contributed by atoms with E-state index in [1.165, 1.54) is 11.1 Å².